The second-order valence-electron chi connectivity index (χ2n) is 6.69. The van der Waals surface area contributed by atoms with E-state index in [1.54, 1.807) is 6.92 Å². The van der Waals surface area contributed by atoms with E-state index in [1.807, 2.05) is 51.1 Å². The minimum absolute atomic E-state index is 0.194. The quantitative estimate of drug-likeness (QED) is 0.781. The molecule has 2 unspecified atom stereocenters. The molecule has 0 fully saturated rings. The Morgan fingerprint density at radius 3 is 2.46 bits per heavy atom. The Labute approximate surface area is 141 Å². The summed E-state index contributed by atoms with van der Waals surface area (Å²) in [5.41, 5.74) is 0.606. The smallest absolute Gasteiger partial charge is 0.315 e. The van der Waals surface area contributed by atoms with Crippen LogP contribution in [0.5, 0.6) is 0 Å². The molecule has 0 aliphatic carbocycles. The summed E-state index contributed by atoms with van der Waals surface area (Å²) in [6.45, 7) is 7.52. The van der Waals surface area contributed by atoms with Crippen molar-refractivity contribution in [3.05, 3.63) is 47.6 Å². The number of nitrogens with one attached hydrogen (secondary N) is 2. The van der Waals surface area contributed by atoms with Crippen LogP contribution in [0.4, 0.5) is 4.79 Å². The van der Waals surface area contributed by atoms with E-state index >= 15 is 0 Å². The van der Waals surface area contributed by atoms with E-state index in [0.29, 0.717) is 11.7 Å². The number of hydrogen-bond donors (Lipinski definition) is 3. The molecule has 0 bridgehead atoms. The highest BCUT2D eigenvalue weighted by atomic mass is 16.5. The average Bonchev–Trinajstić information content (AvgIpc) is 3.03. The number of carbonyl (C=O) groups excluding carboxylic acids is 1. The lowest BCUT2D eigenvalue weighted by atomic mass is 9.96. The average molecular weight is 332 g/mol. The van der Waals surface area contributed by atoms with Crippen LogP contribution >= 0.6 is 0 Å². The maximum absolute atomic E-state index is 12.1. The monoisotopic (exact) mass is 332 g/mol. The Morgan fingerprint density at radius 1 is 1.25 bits per heavy atom. The first-order valence-corrected chi connectivity index (χ1v) is 7.88. The van der Waals surface area contributed by atoms with Crippen molar-refractivity contribution in [2.45, 2.75) is 45.2 Å². The van der Waals surface area contributed by atoms with E-state index in [2.05, 4.69) is 20.8 Å². The Bertz CT molecular complexity index is 664. The maximum atomic E-state index is 12.1. The van der Waals surface area contributed by atoms with E-state index in [0.717, 1.165) is 5.56 Å². The zero-order valence-corrected chi connectivity index (χ0v) is 14.4. The molecule has 7 nitrogen and oxygen atoms in total. The second-order valence-corrected chi connectivity index (χ2v) is 6.69. The van der Waals surface area contributed by atoms with Gasteiger partial charge in [0.25, 0.3) is 0 Å². The molecule has 2 aromatic rings. The number of aliphatic hydroxyl groups excluding tert-OH is 1. The third kappa shape index (κ3) is 4.55. The fourth-order valence-electron chi connectivity index (χ4n) is 2.09. The summed E-state index contributed by atoms with van der Waals surface area (Å²) in [5.74, 6) is 0.930. The van der Waals surface area contributed by atoms with Gasteiger partial charge < -0.3 is 20.3 Å². The van der Waals surface area contributed by atoms with Crippen LogP contribution in [0.1, 0.15) is 57.1 Å². The molecule has 1 aromatic heterocycles. The molecule has 0 radical (unpaired) electrons. The van der Waals surface area contributed by atoms with Gasteiger partial charge in [0.15, 0.2) is 5.82 Å². The van der Waals surface area contributed by atoms with Gasteiger partial charge in [-0.05, 0) is 12.5 Å². The van der Waals surface area contributed by atoms with Crippen molar-refractivity contribution < 1.29 is 14.4 Å². The molecule has 0 spiro atoms. The number of hydrogen-bond acceptors (Lipinski definition) is 5. The highest BCUT2D eigenvalue weighted by Gasteiger charge is 2.24. The molecule has 7 heteroatoms. The first-order valence-electron chi connectivity index (χ1n) is 7.88. The van der Waals surface area contributed by atoms with Crippen LogP contribution in [-0.2, 0) is 5.41 Å². The topological polar surface area (TPSA) is 100 Å². The molecular formula is C17H24N4O3. The van der Waals surface area contributed by atoms with Crippen LogP contribution in [0.2, 0.25) is 0 Å². The fraction of sp³-hybridized carbons (Fsp3) is 0.471. The van der Waals surface area contributed by atoms with Crippen LogP contribution < -0.4 is 10.6 Å². The van der Waals surface area contributed by atoms with Gasteiger partial charge >= 0.3 is 6.03 Å². The lowest BCUT2D eigenvalue weighted by Crippen LogP contribution is -2.40. The van der Waals surface area contributed by atoms with Crippen LogP contribution in [-0.4, -0.2) is 27.9 Å². The van der Waals surface area contributed by atoms with Crippen LogP contribution in [0, 0.1) is 0 Å². The first kappa shape index (κ1) is 17.9. The molecule has 1 aromatic carbocycles. The molecule has 0 aliphatic rings. The van der Waals surface area contributed by atoms with E-state index in [4.69, 9.17) is 4.52 Å². The number of urea groups is 1. The molecule has 0 saturated heterocycles. The lowest BCUT2D eigenvalue weighted by molar-refractivity contribution is 0.212. The van der Waals surface area contributed by atoms with Gasteiger partial charge in [-0.15, -0.1) is 0 Å². The highest BCUT2D eigenvalue weighted by molar-refractivity contribution is 5.74. The van der Waals surface area contributed by atoms with Crippen molar-refractivity contribution in [3.8, 4) is 0 Å². The second kappa shape index (κ2) is 7.44. The maximum Gasteiger partial charge on any atom is 0.315 e. The summed E-state index contributed by atoms with van der Waals surface area (Å²) in [6, 6.07) is 7.94. The fourth-order valence-corrected chi connectivity index (χ4v) is 2.09. The summed E-state index contributed by atoms with van der Waals surface area (Å²) in [5, 5.41) is 18.9. The predicted molar refractivity (Wildman–Crippen MR) is 89.3 cm³/mol. The summed E-state index contributed by atoms with van der Waals surface area (Å²) in [6.07, 6.45) is 0. The van der Waals surface area contributed by atoms with Crippen molar-refractivity contribution in [1.82, 2.24) is 20.8 Å². The van der Waals surface area contributed by atoms with E-state index < -0.39 is 18.1 Å². The van der Waals surface area contributed by atoms with Gasteiger partial charge in [0.2, 0.25) is 5.89 Å². The zero-order chi connectivity index (χ0) is 17.7. The van der Waals surface area contributed by atoms with Gasteiger partial charge in [0.1, 0.15) is 6.04 Å². The molecule has 0 aliphatic heterocycles. The molecule has 3 N–H and O–H groups in total. The predicted octanol–water partition coefficient (Wildman–Crippen LogP) is 2.46. The highest BCUT2D eigenvalue weighted by Crippen LogP contribution is 2.20. The van der Waals surface area contributed by atoms with Gasteiger partial charge in [-0.2, -0.15) is 4.98 Å². The minimum atomic E-state index is -0.480. The summed E-state index contributed by atoms with van der Waals surface area (Å²) in [4.78, 5) is 16.5. The summed E-state index contributed by atoms with van der Waals surface area (Å²) < 4.78 is 5.22. The number of rotatable bonds is 5. The largest absolute Gasteiger partial charge is 0.394 e. The molecule has 24 heavy (non-hydrogen) atoms. The molecule has 1 heterocycles. The number of aromatic nitrogens is 2. The standard InChI is InChI=1S/C17H24N4O3/c1-11(14-20-15(21-24-14)17(2,3)4)18-16(23)19-13(10-22)12-8-6-5-7-9-12/h5-9,11,13,22H,10H2,1-4H3,(H2,18,19,23). The molecular weight excluding hydrogens is 308 g/mol. The molecule has 2 atom stereocenters. The van der Waals surface area contributed by atoms with E-state index in [1.165, 1.54) is 0 Å². The Kier molecular flexibility index (Phi) is 5.56. The van der Waals surface area contributed by atoms with Crippen molar-refractivity contribution in [1.29, 1.82) is 0 Å². The normalized spacial score (nSPS) is 14.0. The van der Waals surface area contributed by atoms with Crippen LogP contribution in [0.3, 0.4) is 0 Å². The van der Waals surface area contributed by atoms with Crippen molar-refractivity contribution in [2.24, 2.45) is 0 Å². The molecule has 2 amide bonds. The van der Waals surface area contributed by atoms with Crippen molar-refractivity contribution in [2.75, 3.05) is 6.61 Å². The zero-order valence-electron chi connectivity index (χ0n) is 14.4. The van der Waals surface area contributed by atoms with E-state index in [-0.39, 0.29) is 12.0 Å². The summed E-state index contributed by atoms with van der Waals surface area (Å²) >= 11 is 0. The minimum Gasteiger partial charge on any atom is -0.394 e. The number of amides is 2. The van der Waals surface area contributed by atoms with Gasteiger partial charge in [-0.25, -0.2) is 4.79 Å². The van der Waals surface area contributed by atoms with E-state index in [9.17, 15) is 9.90 Å². The first-order chi connectivity index (χ1) is 11.3. The van der Waals surface area contributed by atoms with Gasteiger partial charge in [-0.3, -0.25) is 0 Å². The van der Waals surface area contributed by atoms with Crippen molar-refractivity contribution >= 4 is 6.03 Å². The lowest BCUT2D eigenvalue weighted by Gasteiger charge is -2.18. The molecule has 130 valence electrons. The van der Waals surface area contributed by atoms with Crippen LogP contribution in [0.15, 0.2) is 34.9 Å². The van der Waals surface area contributed by atoms with Crippen molar-refractivity contribution in [3.63, 3.8) is 0 Å². The number of carbonyl (C=O) groups is 1. The number of benzene rings is 1. The molecule has 2 rings (SSSR count). The van der Waals surface area contributed by atoms with Crippen LogP contribution in [0.25, 0.3) is 0 Å². The third-order valence-electron chi connectivity index (χ3n) is 3.52. The number of aliphatic hydroxyl groups is 1. The summed E-state index contributed by atoms with van der Waals surface area (Å²) in [7, 11) is 0. The Morgan fingerprint density at radius 2 is 1.92 bits per heavy atom. The van der Waals surface area contributed by atoms with Gasteiger partial charge in [0.05, 0.1) is 12.6 Å². The molecule has 0 saturated carbocycles. The van der Waals surface area contributed by atoms with Gasteiger partial charge in [0, 0.05) is 5.41 Å². The SMILES string of the molecule is CC(NC(=O)NC(CO)c1ccccc1)c1nc(C(C)(C)C)no1. The van der Waals surface area contributed by atoms with Gasteiger partial charge in [-0.1, -0.05) is 56.3 Å². The third-order valence-corrected chi connectivity index (χ3v) is 3.52. The number of nitrogens with zero attached hydrogens (tertiary/aromatic N) is 2. The Balaban J connectivity index is 1.97. The Hall–Kier alpha value is -2.41.